The van der Waals surface area contributed by atoms with Crippen LogP contribution in [0.25, 0.3) is 0 Å². The molecule has 0 bridgehead atoms. The van der Waals surface area contributed by atoms with E-state index in [1.54, 1.807) is 0 Å². The summed E-state index contributed by atoms with van der Waals surface area (Å²) in [6.45, 7) is 0.246. The van der Waals surface area contributed by atoms with Gasteiger partial charge in [0, 0.05) is 12.6 Å². The van der Waals surface area contributed by atoms with Crippen LogP contribution in [0.3, 0.4) is 0 Å². The van der Waals surface area contributed by atoms with Crippen molar-refractivity contribution in [1.29, 1.82) is 0 Å². The van der Waals surface area contributed by atoms with E-state index in [0.29, 0.717) is 19.3 Å². The zero-order valence-corrected chi connectivity index (χ0v) is 20.1. The average Bonchev–Trinajstić information content (AvgIpc) is 3.25. The Bertz CT molecular complexity index is 1230. The normalized spacial score (nSPS) is 18.1. The van der Waals surface area contributed by atoms with Crippen LogP contribution in [0.5, 0.6) is 17.2 Å². The Morgan fingerprint density at radius 3 is 2.09 bits per heavy atom. The van der Waals surface area contributed by atoms with Gasteiger partial charge in [0.1, 0.15) is 17.2 Å². The lowest BCUT2D eigenvalue weighted by Crippen LogP contribution is -2.51. The largest absolute Gasteiger partial charge is 0.573 e. The molecule has 1 amide bonds. The number of sulfonamides is 1. The molecule has 0 aliphatic carbocycles. The van der Waals surface area contributed by atoms with Crippen LogP contribution in [-0.4, -0.2) is 64.6 Å². The van der Waals surface area contributed by atoms with Crippen molar-refractivity contribution in [1.82, 2.24) is 9.62 Å². The summed E-state index contributed by atoms with van der Waals surface area (Å²) in [6.07, 6.45) is -2.48. The second kappa shape index (κ2) is 10.4. The standard InChI is InChI=1S/C21H23F3N2O7S2/c1-34(28,29)26-12-2-3-20(26)19(25-14-27)13-35(30,31)18-10-8-16(9-11-18)32-15-4-6-17(7-5-15)33-21(22,23)24/h4-11,14,19-20H,2-3,12-13H2,1H3,(H,25,27)/t19-,20-/m1/s1. The topological polar surface area (TPSA) is 119 Å². The second-order valence-corrected chi connectivity index (χ2v) is 11.8. The minimum Gasteiger partial charge on any atom is -0.457 e. The highest BCUT2D eigenvalue weighted by molar-refractivity contribution is 7.91. The predicted molar refractivity (Wildman–Crippen MR) is 119 cm³/mol. The summed E-state index contributed by atoms with van der Waals surface area (Å²) in [5.41, 5.74) is 0. The summed E-state index contributed by atoms with van der Waals surface area (Å²) in [5.74, 6) is -0.493. The van der Waals surface area contributed by atoms with E-state index >= 15 is 0 Å². The lowest BCUT2D eigenvalue weighted by atomic mass is 10.1. The molecule has 1 saturated heterocycles. The molecule has 14 heteroatoms. The highest BCUT2D eigenvalue weighted by atomic mass is 32.2. The fourth-order valence-electron chi connectivity index (χ4n) is 3.83. The number of amides is 1. The maximum absolute atomic E-state index is 13.0. The maximum atomic E-state index is 13.0. The Labute approximate surface area is 200 Å². The van der Waals surface area contributed by atoms with Crippen molar-refractivity contribution in [3.63, 3.8) is 0 Å². The molecule has 0 radical (unpaired) electrons. The van der Waals surface area contributed by atoms with Crippen molar-refractivity contribution >= 4 is 26.3 Å². The number of nitrogens with zero attached hydrogens (tertiary/aromatic N) is 1. The van der Waals surface area contributed by atoms with Gasteiger partial charge in [0.05, 0.1) is 22.9 Å². The first kappa shape index (κ1) is 26.8. The highest BCUT2D eigenvalue weighted by Gasteiger charge is 2.39. The SMILES string of the molecule is CS(=O)(=O)N1CCC[C@@H]1[C@@H](CS(=O)(=O)c1ccc(Oc2ccc(OC(F)(F)F)cc2)cc1)NC=O. The number of hydrogen-bond acceptors (Lipinski definition) is 7. The van der Waals surface area contributed by atoms with Gasteiger partial charge in [-0.05, 0) is 61.4 Å². The summed E-state index contributed by atoms with van der Waals surface area (Å²) < 4.78 is 97.3. The van der Waals surface area contributed by atoms with Crippen molar-refractivity contribution < 1.29 is 44.3 Å². The Morgan fingerprint density at radius 2 is 1.57 bits per heavy atom. The number of carbonyl (C=O) groups is 1. The molecule has 1 N–H and O–H groups in total. The summed E-state index contributed by atoms with van der Waals surface area (Å²) >= 11 is 0. The van der Waals surface area contributed by atoms with Gasteiger partial charge < -0.3 is 14.8 Å². The zero-order chi connectivity index (χ0) is 25.9. The van der Waals surface area contributed by atoms with Gasteiger partial charge in [0.2, 0.25) is 16.4 Å². The van der Waals surface area contributed by atoms with Gasteiger partial charge >= 0.3 is 6.36 Å². The third-order valence-electron chi connectivity index (χ3n) is 5.30. The van der Waals surface area contributed by atoms with Crippen molar-refractivity contribution in [2.75, 3.05) is 18.6 Å². The van der Waals surface area contributed by atoms with Crippen LogP contribution in [0.2, 0.25) is 0 Å². The van der Waals surface area contributed by atoms with Crippen molar-refractivity contribution in [2.24, 2.45) is 0 Å². The Balaban J connectivity index is 1.71. The van der Waals surface area contributed by atoms with Crippen LogP contribution in [0, 0.1) is 0 Å². The fraction of sp³-hybridized carbons (Fsp3) is 0.381. The van der Waals surface area contributed by atoms with Gasteiger partial charge in [-0.25, -0.2) is 16.8 Å². The van der Waals surface area contributed by atoms with Crippen LogP contribution < -0.4 is 14.8 Å². The number of alkyl halides is 3. The summed E-state index contributed by atoms with van der Waals surface area (Å²) in [7, 11) is -7.50. The maximum Gasteiger partial charge on any atom is 0.573 e. The highest BCUT2D eigenvalue weighted by Crippen LogP contribution is 2.29. The number of ether oxygens (including phenoxy) is 2. The first-order chi connectivity index (χ1) is 16.3. The Kier molecular flexibility index (Phi) is 7.97. The number of rotatable bonds is 10. The number of hydrogen-bond donors (Lipinski definition) is 1. The lowest BCUT2D eigenvalue weighted by molar-refractivity contribution is -0.274. The molecule has 1 fully saturated rings. The molecule has 35 heavy (non-hydrogen) atoms. The van der Waals surface area contributed by atoms with E-state index in [1.165, 1.54) is 40.7 Å². The number of benzene rings is 2. The Morgan fingerprint density at radius 1 is 1.03 bits per heavy atom. The first-order valence-corrected chi connectivity index (χ1v) is 13.8. The van der Waals surface area contributed by atoms with Crippen LogP contribution in [-0.2, 0) is 24.7 Å². The monoisotopic (exact) mass is 536 g/mol. The molecule has 0 saturated carbocycles. The minimum absolute atomic E-state index is 0.0691. The molecule has 2 atom stereocenters. The molecule has 3 rings (SSSR count). The van der Waals surface area contributed by atoms with Gasteiger partial charge in [-0.3, -0.25) is 4.79 Å². The van der Waals surface area contributed by atoms with E-state index in [4.69, 9.17) is 4.74 Å². The molecule has 192 valence electrons. The van der Waals surface area contributed by atoms with Crippen LogP contribution >= 0.6 is 0 Å². The van der Waals surface area contributed by atoms with E-state index in [1.807, 2.05) is 0 Å². The molecule has 1 heterocycles. The van der Waals surface area contributed by atoms with Crippen LogP contribution in [0.15, 0.2) is 53.4 Å². The molecule has 0 unspecified atom stereocenters. The van der Waals surface area contributed by atoms with Crippen molar-refractivity contribution in [3.05, 3.63) is 48.5 Å². The molecule has 2 aromatic carbocycles. The van der Waals surface area contributed by atoms with Crippen molar-refractivity contribution in [2.45, 2.75) is 36.2 Å². The summed E-state index contributed by atoms with van der Waals surface area (Å²) in [5, 5.41) is 2.44. The molecular formula is C21H23F3N2O7S2. The third kappa shape index (κ3) is 7.32. The molecule has 0 spiro atoms. The van der Waals surface area contributed by atoms with Gasteiger partial charge in [0.25, 0.3) is 0 Å². The first-order valence-electron chi connectivity index (χ1n) is 10.3. The number of carbonyl (C=O) groups excluding carboxylic acids is 1. The van der Waals surface area contributed by atoms with E-state index in [0.717, 1.165) is 18.4 Å². The smallest absolute Gasteiger partial charge is 0.457 e. The molecule has 1 aliphatic rings. The van der Waals surface area contributed by atoms with E-state index < -0.39 is 49.8 Å². The molecule has 9 nitrogen and oxygen atoms in total. The summed E-state index contributed by atoms with van der Waals surface area (Å²) in [4.78, 5) is 11.0. The van der Waals surface area contributed by atoms with Gasteiger partial charge in [-0.15, -0.1) is 13.2 Å². The summed E-state index contributed by atoms with van der Waals surface area (Å²) in [6, 6.07) is 8.35. The van der Waals surface area contributed by atoms with Crippen molar-refractivity contribution in [3.8, 4) is 17.2 Å². The van der Waals surface area contributed by atoms with E-state index in [-0.39, 0.29) is 22.9 Å². The van der Waals surface area contributed by atoms with Gasteiger partial charge in [-0.1, -0.05) is 0 Å². The fourth-order valence-corrected chi connectivity index (χ4v) is 6.57. The molecule has 1 aliphatic heterocycles. The van der Waals surface area contributed by atoms with Crippen LogP contribution in [0.4, 0.5) is 13.2 Å². The number of sulfone groups is 1. The minimum atomic E-state index is -4.81. The molecule has 2 aromatic rings. The zero-order valence-electron chi connectivity index (χ0n) is 18.4. The lowest BCUT2D eigenvalue weighted by Gasteiger charge is -2.29. The van der Waals surface area contributed by atoms with Crippen LogP contribution in [0.1, 0.15) is 12.8 Å². The van der Waals surface area contributed by atoms with Gasteiger partial charge in [-0.2, -0.15) is 4.31 Å². The molecule has 0 aromatic heterocycles. The quantitative estimate of drug-likeness (QED) is 0.464. The Hall–Kier alpha value is -2.84. The van der Waals surface area contributed by atoms with Gasteiger partial charge in [0.15, 0.2) is 9.84 Å². The second-order valence-electron chi connectivity index (χ2n) is 7.85. The number of halogens is 3. The average molecular weight is 537 g/mol. The van der Waals surface area contributed by atoms with E-state index in [2.05, 4.69) is 10.1 Å². The number of nitrogens with one attached hydrogen (secondary N) is 1. The molecular weight excluding hydrogens is 513 g/mol. The third-order valence-corrected chi connectivity index (χ3v) is 8.39. The van der Waals surface area contributed by atoms with E-state index in [9.17, 15) is 34.8 Å². The predicted octanol–water partition coefficient (Wildman–Crippen LogP) is 2.69.